The van der Waals surface area contributed by atoms with Crippen LogP contribution in [-0.4, -0.2) is 242 Å². The molecule has 4 heterocycles. The van der Waals surface area contributed by atoms with Crippen molar-refractivity contribution in [3.8, 4) is 0 Å². The molecular formula is C36H60N4O23. The molecule has 0 aromatic carbocycles. The van der Waals surface area contributed by atoms with Crippen LogP contribution >= 0.6 is 0 Å². The van der Waals surface area contributed by atoms with Crippen LogP contribution in [0.1, 0.15) is 34.6 Å². The molecular weight excluding hydrogens is 856 g/mol. The summed E-state index contributed by atoms with van der Waals surface area (Å²) in [6.45, 7) is 1.96. The van der Waals surface area contributed by atoms with E-state index in [-0.39, 0.29) is 6.29 Å². The zero-order valence-corrected chi connectivity index (χ0v) is 34.9. The van der Waals surface area contributed by atoms with E-state index in [2.05, 4.69) is 21.3 Å². The number of aliphatic hydroxyl groups is 10. The number of ether oxygens (including phenoxy) is 8. The minimum Gasteiger partial charge on any atom is -0.394 e. The monoisotopic (exact) mass is 916 g/mol. The first kappa shape index (κ1) is 52.5. The number of hydrogen-bond donors (Lipinski definition) is 14. The van der Waals surface area contributed by atoms with E-state index >= 15 is 0 Å². The van der Waals surface area contributed by atoms with E-state index in [0.29, 0.717) is 0 Å². The fraction of sp³-hybridized carbons (Fsp3) is 0.861. The zero-order valence-electron chi connectivity index (χ0n) is 34.9. The van der Waals surface area contributed by atoms with Gasteiger partial charge in [0.25, 0.3) is 0 Å². The molecule has 4 fully saturated rings. The van der Waals surface area contributed by atoms with Gasteiger partial charge < -0.3 is 115 Å². The maximum atomic E-state index is 12.9. The summed E-state index contributed by atoms with van der Waals surface area (Å²) in [7, 11) is 0. The maximum Gasteiger partial charge on any atom is 0.217 e. The van der Waals surface area contributed by atoms with Crippen LogP contribution in [0, 0.1) is 0 Å². The highest BCUT2D eigenvalue weighted by atomic mass is 16.8. The molecule has 0 aliphatic carbocycles. The van der Waals surface area contributed by atoms with Crippen molar-refractivity contribution in [1.82, 2.24) is 21.3 Å². The third-order valence-corrected chi connectivity index (χ3v) is 10.8. The Hall–Kier alpha value is -3.17. The Labute approximate surface area is 359 Å². The SMILES string of the molecule is CC(=O)NC(CO)C(C=O)OC1OC(CO)C(OC2OC(CO)C(O)C(O)C2NC(C)=O)C(OC2OC(C)C(O)C(O)C2OC2OC(CO)C(O)C(O)C2NC(C)=O)C1NC(C)=O. The average molecular weight is 917 g/mol. The molecule has 0 saturated carbocycles. The minimum absolute atomic E-state index is 0.196. The Morgan fingerprint density at radius 2 is 0.984 bits per heavy atom. The van der Waals surface area contributed by atoms with Gasteiger partial charge >= 0.3 is 0 Å². The van der Waals surface area contributed by atoms with E-state index < -0.39 is 185 Å². The second-order valence-corrected chi connectivity index (χ2v) is 15.5. The number of carbonyl (C=O) groups excluding carboxylic acids is 5. The molecule has 4 saturated heterocycles. The summed E-state index contributed by atoms with van der Waals surface area (Å²) in [5.74, 6) is -3.00. The molecule has 0 aromatic rings. The van der Waals surface area contributed by atoms with Gasteiger partial charge in [-0.1, -0.05) is 0 Å². The van der Waals surface area contributed by atoms with Crippen LogP contribution < -0.4 is 21.3 Å². The van der Waals surface area contributed by atoms with Gasteiger partial charge in [-0.15, -0.1) is 0 Å². The largest absolute Gasteiger partial charge is 0.394 e. The number of amides is 4. The van der Waals surface area contributed by atoms with Gasteiger partial charge in [0.15, 0.2) is 31.4 Å². The van der Waals surface area contributed by atoms with Gasteiger partial charge in [-0.05, 0) is 6.92 Å². The van der Waals surface area contributed by atoms with Gasteiger partial charge in [0.05, 0.1) is 38.6 Å². The molecule has 0 spiro atoms. The first-order valence-electron chi connectivity index (χ1n) is 20.0. The molecule has 22 atom stereocenters. The zero-order chi connectivity index (χ0) is 47.0. The number of rotatable bonds is 18. The van der Waals surface area contributed by atoms with Crippen molar-refractivity contribution in [2.24, 2.45) is 0 Å². The molecule has 27 heteroatoms. The van der Waals surface area contributed by atoms with Gasteiger partial charge in [-0.3, -0.25) is 19.2 Å². The number of hydrogen-bond acceptors (Lipinski definition) is 23. The van der Waals surface area contributed by atoms with Crippen LogP contribution in [-0.2, 0) is 61.9 Å². The third-order valence-electron chi connectivity index (χ3n) is 10.8. The molecule has 0 bridgehead atoms. The molecule has 4 rings (SSSR count). The summed E-state index contributed by atoms with van der Waals surface area (Å²) < 4.78 is 48.1. The van der Waals surface area contributed by atoms with Crippen molar-refractivity contribution in [2.45, 2.75) is 169 Å². The smallest absolute Gasteiger partial charge is 0.217 e. The van der Waals surface area contributed by atoms with Crippen molar-refractivity contribution >= 4 is 29.9 Å². The molecule has 27 nitrogen and oxygen atoms in total. The average Bonchev–Trinajstić information content (AvgIpc) is 3.22. The molecule has 4 aliphatic heterocycles. The van der Waals surface area contributed by atoms with Crippen LogP contribution in [0.2, 0.25) is 0 Å². The van der Waals surface area contributed by atoms with Crippen molar-refractivity contribution in [3.63, 3.8) is 0 Å². The Balaban J connectivity index is 1.87. The van der Waals surface area contributed by atoms with Crippen molar-refractivity contribution in [3.05, 3.63) is 0 Å². The molecule has 22 unspecified atom stereocenters. The fourth-order valence-corrected chi connectivity index (χ4v) is 7.64. The first-order valence-corrected chi connectivity index (χ1v) is 20.0. The number of nitrogens with one attached hydrogen (secondary N) is 4. The lowest BCUT2D eigenvalue weighted by Crippen LogP contribution is -2.71. The van der Waals surface area contributed by atoms with Crippen molar-refractivity contribution in [2.75, 3.05) is 26.4 Å². The van der Waals surface area contributed by atoms with Gasteiger partial charge in [-0.2, -0.15) is 0 Å². The van der Waals surface area contributed by atoms with E-state index in [1.54, 1.807) is 0 Å². The van der Waals surface area contributed by atoms with Crippen LogP contribution in [0.4, 0.5) is 0 Å². The van der Waals surface area contributed by atoms with Gasteiger partial charge in [0.2, 0.25) is 23.6 Å². The standard InChI is InChI=1S/C36H60N4O23/c1-11-24(50)29(55)32(63-34-22(39-14(4)48)28(54)26(52)19(9-44)59-34)36(56-11)62-31-23(40-15(5)49)35(57-17(7-42)16(6-41)37-12(2)46)60-20(10-45)30(31)61-33-21(38-13(3)47)27(53)25(51)18(8-43)58-33/h7,11,16-36,41,43-45,50-55H,6,8-10H2,1-5H3,(H,37,46)(H,38,47)(H,39,48)(H,40,49). The van der Waals surface area contributed by atoms with E-state index in [4.69, 9.17) is 37.9 Å². The normalized spacial score (nSPS) is 41.7. The quantitative estimate of drug-likeness (QED) is 0.0568. The van der Waals surface area contributed by atoms with E-state index in [9.17, 15) is 75.0 Å². The molecule has 0 aromatic heterocycles. The van der Waals surface area contributed by atoms with E-state index in [1.165, 1.54) is 6.92 Å². The predicted octanol–water partition coefficient (Wildman–Crippen LogP) is -9.20. The topological polar surface area (TPSA) is 410 Å². The highest BCUT2D eigenvalue weighted by Gasteiger charge is 2.57. The highest BCUT2D eigenvalue weighted by molar-refractivity contribution is 5.75. The second kappa shape index (κ2) is 23.3. The van der Waals surface area contributed by atoms with Crippen molar-refractivity contribution in [1.29, 1.82) is 0 Å². The number of aliphatic hydroxyl groups excluding tert-OH is 10. The first-order chi connectivity index (χ1) is 29.7. The molecule has 14 N–H and O–H groups in total. The van der Waals surface area contributed by atoms with E-state index in [1.807, 2.05) is 0 Å². The van der Waals surface area contributed by atoms with E-state index in [0.717, 1.165) is 27.7 Å². The van der Waals surface area contributed by atoms with Gasteiger partial charge in [-0.25, -0.2) is 0 Å². The summed E-state index contributed by atoms with van der Waals surface area (Å²) in [4.78, 5) is 61.8. The molecule has 362 valence electrons. The minimum atomic E-state index is -1.98. The van der Waals surface area contributed by atoms with Gasteiger partial charge in [0, 0.05) is 27.7 Å². The summed E-state index contributed by atoms with van der Waals surface area (Å²) in [6, 6.07) is -6.32. The van der Waals surface area contributed by atoms with Crippen molar-refractivity contribution < 1.29 is 113 Å². The summed E-state index contributed by atoms with van der Waals surface area (Å²) in [5, 5.41) is 116. The van der Waals surface area contributed by atoms with Crippen LogP contribution in [0.3, 0.4) is 0 Å². The Bertz CT molecular complexity index is 1540. The molecule has 4 aliphatic rings. The molecule has 0 radical (unpaired) electrons. The fourth-order valence-electron chi connectivity index (χ4n) is 7.64. The molecule has 4 amide bonds. The van der Waals surface area contributed by atoms with Crippen LogP contribution in [0.25, 0.3) is 0 Å². The molecule has 63 heavy (non-hydrogen) atoms. The maximum absolute atomic E-state index is 12.9. The van der Waals surface area contributed by atoms with Crippen LogP contribution in [0.5, 0.6) is 0 Å². The predicted molar refractivity (Wildman–Crippen MR) is 201 cm³/mol. The number of carbonyl (C=O) groups is 5. The lowest BCUT2D eigenvalue weighted by atomic mass is 9.93. The summed E-state index contributed by atoms with van der Waals surface area (Å²) in [5.41, 5.74) is 0. The van der Waals surface area contributed by atoms with Crippen LogP contribution in [0.15, 0.2) is 0 Å². The third kappa shape index (κ3) is 12.6. The lowest BCUT2D eigenvalue weighted by molar-refractivity contribution is -0.384. The lowest BCUT2D eigenvalue weighted by Gasteiger charge is -2.51. The number of aldehydes is 1. The summed E-state index contributed by atoms with van der Waals surface area (Å²) >= 11 is 0. The second-order valence-electron chi connectivity index (χ2n) is 15.5. The van der Waals surface area contributed by atoms with Gasteiger partial charge in [0.1, 0.15) is 97.5 Å². The Morgan fingerprint density at radius 1 is 0.540 bits per heavy atom. The Morgan fingerprint density at radius 3 is 1.41 bits per heavy atom. The summed E-state index contributed by atoms with van der Waals surface area (Å²) in [6.07, 6.45) is -31.6. The Kier molecular flexibility index (Phi) is 19.4. The highest BCUT2D eigenvalue weighted by Crippen LogP contribution is 2.36.